The molecule has 0 N–H and O–H groups in total. The molecule has 2 rings (SSSR count). The lowest BCUT2D eigenvalue weighted by Gasteiger charge is -2.29. The highest BCUT2D eigenvalue weighted by Gasteiger charge is 2.22. The minimum atomic E-state index is 0.345. The molecule has 1 saturated carbocycles. The van der Waals surface area contributed by atoms with Crippen LogP contribution in [-0.4, -0.2) is 12.0 Å². The minimum absolute atomic E-state index is 0.345. The first-order valence-corrected chi connectivity index (χ1v) is 7.67. The van der Waals surface area contributed by atoms with Gasteiger partial charge >= 0.3 is 0 Å². The molecule has 1 aromatic carbocycles. The summed E-state index contributed by atoms with van der Waals surface area (Å²) in [6, 6.07) is 7.99. The van der Waals surface area contributed by atoms with Gasteiger partial charge in [-0.1, -0.05) is 43.7 Å². The number of hydrogen-bond donors (Lipinski definition) is 0. The SMILES string of the molecule is CCC1CCCC(Oc2ccccc2C#CCCl)C1. The molecule has 0 aliphatic heterocycles. The Morgan fingerprint density at radius 3 is 2.95 bits per heavy atom. The second-order valence-electron chi connectivity index (χ2n) is 5.11. The van der Waals surface area contributed by atoms with Gasteiger partial charge in [0.05, 0.1) is 17.5 Å². The number of rotatable bonds is 3. The van der Waals surface area contributed by atoms with Crippen molar-refractivity contribution in [3.63, 3.8) is 0 Å². The minimum Gasteiger partial charge on any atom is -0.489 e. The summed E-state index contributed by atoms with van der Waals surface area (Å²) in [5, 5.41) is 0. The van der Waals surface area contributed by atoms with Crippen LogP contribution in [0.25, 0.3) is 0 Å². The monoisotopic (exact) mass is 276 g/mol. The van der Waals surface area contributed by atoms with E-state index in [2.05, 4.69) is 18.8 Å². The van der Waals surface area contributed by atoms with Crippen molar-refractivity contribution in [1.82, 2.24) is 0 Å². The summed E-state index contributed by atoms with van der Waals surface area (Å²) in [5.41, 5.74) is 0.946. The van der Waals surface area contributed by atoms with E-state index in [1.165, 1.54) is 25.7 Å². The maximum atomic E-state index is 6.17. The van der Waals surface area contributed by atoms with Crippen LogP contribution in [0, 0.1) is 17.8 Å². The van der Waals surface area contributed by atoms with Gasteiger partial charge in [0.15, 0.2) is 0 Å². The summed E-state index contributed by atoms with van der Waals surface area (Å²) >= 11 is 5.62. The Hall–Kier alpha value is -1.13. The van der Waals surface area contributed by atoms with Gasteiger partial charge in [0.25, 0.3) is 0 Å². The largest absolute Gasteiger partial charge is 0.489 e. The molecule has 0 saturated heterocycles. The summed E-state index contributed by atoms with van der Waals surface area (Å²) in [5.74, 6) is 8.05. The molecule has 102 valence electrons. The smallest absolute Gasteiger partial charge is 0.135 e. The fraction of sp³-hybridized carbons (Fsp3) is 0.529. The van der Waals surface area contributed by atoms with Crippen LogP contribution in [0.3, 0.4) is 0 Å². The summed E-state index contributed by atoms with van der Waals surface area (Å²) in [4.78, 5) is 0. The lowest BCUT2D eigenvalue weighted by molar-refractivity contribution is 0.122. The number of para-hydroxylation sites is 1. The van der Waals surface area contributed by atoms with Crippen molar-refractivity contribution in [3.8, 4) is 17.6 Å². The Labute approximate surface area is 121 Å². The third-order valence-electron chi connectivity index (χ3n) is 3.78. The van der Waals surface area contributed by atoms with E-state index < -0.39 is 0 Å². The fourth-order valence-electron chi connectivity index (χ4n) is 2.70. The summed E-state index contributed by atoms with van der Waals surface area (Å²) in [7, 11) is 0. The van der Waals surface area contributed by atoms with Crippen LogP contribution in [0.15, 0.2) is 24.3 Å². The molecule has 0 amide bonds. The van der Waals surface area contributed by atoms with Crippen molar-refractivity contribution >= 4 is 11.6 Å². The van der Waals surface area contributed by atoms with E-state index >= 15 is 0 Å². The molecule has 2 atom stereocenters. The van der Waals surface area contributed by atoms with Crippen LogP contribution in [-0.2, 0) is 0 Å². The zero-order chi connectivity index (χ0) is 13.5. The lowest BCUT2D eigenvalue weighted by atomic mass is 9.85. The molecule has 0 heterocycles. The van der Waals surface area contributed by atoms with Gasteiger partial charge in [-0.3, -0.25) is 0 Å². The highest BCUT2D eigenvalue weighted by Crippen LogP contribution is 2.30. The quantitative estimate of drug-likeness (QED) is 0.578. The van der Waals surface area contributed by atoms with Crippen LogP contribution < -0.4 is 4.74 Å². The number of ether oxygens (including phenoxy) is 1. The molecule has 1 fully saturated rings. The molecule has 1 nitrogen and oxygen atoms in total. The molecule has 0 spiro atoms. The normalized spacial score (nSPS) is 22.4. The molecule has 19 heavy (non-hydrogen) atoms. The van der Waals surface area contributed by atoms with Gasteiger partial charge in [0.1, 0.15) is 5.75 Å². The van der Waals surface area contributed by atoms with Crippen molar-refractivity contribution in [2.75, 3.05) is 5.88 Å². The first-order chi connectivity index (χ1) is 9.33. The number of alkyl halides is 1. The molecule has 0 aromatic heterocycles. The van der Waals surface area contributed by atoms with E-state index in [0.29, 0.717) is 12.0 Å². The van der Waals surface area contributed by atoms with Crippen LogP contribution in [0.1, 0.15) is 44.6 Å². The molecule has 2 unspecified atom stereocenters. The van der Waals surface area contributed by atoms with Gasteiger partial charge in [-0.05, 0) is 37.3 Å². The Morgan fingerprint density at radius 2 is 2.16 bits per heavy atom. The van der Waals surface area contributed by atoms with Crippen LogP contribution in [0.2, 0.25) is 0 Å². The maximum absolute atomic E-state index is 6.17. The summed E-state index contributed by atoms with van der Waals surface area (Å²) in [6.07, 6.45) is 6.57. The van der Waals surface area contributed by atoms with Crippen LogP contribution >= 0.6 is 11.6 Å². The van der Waals surface area contributed by atoms with Crippen molar-refractivity contribution < 1.29 is 4.74 Å². The van der Waals surface area contributed by atoms with Crippen LogP contribution in [0.5, 0.6) is 5.75 Å². The molecule has 1 aliphatic rings. The average molecular weight is 277 g/mol. The van der Waals surface area contributed by atoms with Crippen molar-refractivity contribution in [2.45, 2.75) is 45.1 Å². The molecular formula is C17H21ClO. The Balaban J connectivity index is 2.06. The molecule has 1 aliphatic carbocycles. The third-order valence-corrected chi connectivity index (χ3v) is 3.92. The number of benzene rings is 1. The van der Waals surface area contributed by atoms with Crippen molar-refractivity contribution in [2.24, 2.45) is 5.92 Å². The van der Waals surface area contributed by atoms with Crippen molar-refractivity contribution in [1.29, 1.82) is 0 Å². The van der Waals surface area contributed by atoms with Gasteiger partial charge < -0.3 is 4.74 Å². The molecule has 2 heteroatoms. The second-order valence-corrected chi connectivity index (χ2v) is 5.38. The maximum Gasteiger partial charge on any atom is 0.135 e. The third kappa shape index (κ3) is 4.18. The zero-order valence-electron chi connectivity index (χ0n) is 11.5. The fourth-order valence-corrected chi connectivity index (χ4v) is 2.77. The summed E-state index contributed by atoms with van der Waals surface area (Å²) < 4.78 is 6.17. The van der Waals surface area contributed by atoms with E-state index in [0.717, 1.165) is 23.7 Å². The van der Waals surface area contributed by atoms with Crippen LogP contribution in [0.4, 0.5) is 0 Å². The van der Waals surface area contributed by atoms with E-state index in [1.54, 1.807) is 0 Å². The topological polar surface area (TPSA) is 9.23 Å². The first-order valence-electron chi connectivity index (χ1n) is 7.14. The molecule has 1 aromatic rings. The standard InChI is InChI=1S/C17H21ClO/c1-2-14-7-5-10-16(13-14)19-17-11-4-3-8-15(17)9-6-12-18/h3-4,8,11,14,16H,2,5,7,10,12-13H2,1H3. The average Bonchev–Trinajstić information content (AvgIpc) is 2.46. The first kappa shape index (κ1) is 14.3. The van der Waals surface area contributed by atoms with Crippen molar-refractivity contribution in [3.05, 3.63) is 29.8 Å². The van der Waals surface area contributed by atoms with Gasteiger partial charge in [-0.25, -0.2) is 0 Å². The highest BCUT2D eigenvalue weighted by molar-refractivity contribution is 6.19. The van der Waals surface area contributed by atoms with E-state index in [-0.39, 0.29) is 0 Å². The van der Waals surface area contributed by atoms with Gasteiger partial charge in [-0.15, -0.1) is 11.6 Å². The predicted octanol–water partition coefficient (Wildman–Crippen LogP) is 4.62. The van der Waals surface area contributed by atoms with E-state index in [4.69, 9.17) is 16.3 Å². The molecular weight excluding hydrogens is 256 g/mol. The molecule has 0 radical (unpaired) electrons. The van der Waals surface area contributed by atoms with Gasteiger partial charge in [-0.2, -0.15) is 0 Å². The second kappa shape index (κ2) is 7.46. The van der Waals surface area contributed by atoms with Gasteiger partial charge in [0.2, 0.25) is 0 Å². The molecule has 0 bridgehead atoms. The Kier molecular flexibility index (Phi) is 5.61. The highest BCUT2D eigenvalue weighted by atomic mass is 35.5. The lowest BCUT2D eigenvalue weighted by Crippen LogP contribution is -2.25. The Morgan fingerprint density at radius 1 is 1.32 bits per heavy atom. The Bertz CT molecular complexity index is 458. The zero-order valence-corrected chi connectivity index (χ0v) is 12.2. The number of halogens is 1. The van der Waals surface area contributed by atoms with Gasteiger partial charge in [0, 0.05) is 0 Å². The predicted molar refractivity (Wildman–Crippen MR) is 80.7 cm³/mol. The van der Waals surface area contributed by atoms with E-state index in [9.17, 15) is 0 Å². The number of hydrogen-bond acceptors (Lipinski definition) is 1. The summed E-state index contributed by atoms with van der Waals surface area (Å²) in [6.45, 7) is 2.27. The van der Waals surface area contributed by atoms with E-state index in [1.807, 2.05) is 24.3 Å².